The van der Waals surface area contributed by atoms with Crippen molar-refractivity contribution in [1.29, 1.82) is 0 Å². The Morgan fingerprint density at radius 1 is 1.27 bits per heavy atom. The van der Waals surface area contributed by atoms with Crippen LogP contribution in [0, 0.1) is 5.92 Å². The Morgan fingerprint density at radius 2 is 2.05 bits per heavy atom. The molecule has 2 aromatic heterocycles. The minimum atomic E-state index is -0.283. The maximum atomic E-state index is 12.8. The highest BCUT2D eigenvalue weighted by Crippen LogP contribution is 2.23. The molecule has 3 heterocycles. The first-order chi connectivity index (χ1) is 10.7. The largest absolute Gasteiger partial charge is 0.345 e. The summed E-state index contributed by atoms with van der Waals surface area (Å²) in [7, 11) is 0. The number of carbonyl (C=O) groups is 1. The first-order valence-electron chi connectivity index (χ1n) is 7.44. The van der Waals surface area contributed by atoms with Crippen LogP contribution in [0.2, 0.25) is 0 Å². The number of hydrogen-bond donors (Lipinski definition) is 0. The van der Waals surface area contributed by atoms with Crippen molar-refractivity contribution in [3.8, 4) is 0 Å². The SMILES string of the molecule is CC(C)[C@@H](C(=O)N1CCN(c2nccs2)CC1)n1cncn1. The first-order valence-corrected chi connectivity index (χ1v) is 8.32. The number of amides is 1. The highest BCUT2D eigenvalue weighted by Gasteiger charge is 2.31. The third-order valence-corrected chi connectivity index (χ3v) is 4.72. The number of carbonyl (C=O) groups excluding carboxylic acids is 1. The van der Waals surface area contributed by atoms with Crippen molar-refractivity contribution in [2.75, 3.05) is 31.1 Å². The van der Waals surface area contributed by atoms with Gasteiger partial charge in [0.2, 0.25) is 5.91 Å². The second kappa shape index (κ2) is 6.43. The molecule has 0 spiro atoms. The molecule has 1 aliphatic heterocycles. The first kappa shape index (κ1) is 15.0. The van der Waals surface area contributed by atoms with E-state index in [2.05, 4.69) is 20.0 Å². The maximum Gasteiger partial charge on any atom is 0.247 e. The number of anilines is 1. The molecule has 8 heteroatoms. The summed E-state index contributed by atoms with van der Waals surface area (Å²) in [5.74, 6) is 0.297. The van der Waals surface area contributed by atoms with Crippen molar-refractivity contribution in [2.24, 2.45) is 5.92 Å². The Labute approximate surface area is 133 Å². The molecule has 0 saturated carbocycles. The molecule has 2 aromatic rings. The third kappa shape index (κ3) is 2.96. The smallest absolute Gasteiger partial charge is 0.247 e. The summed E-state index contributed by atoms with van der Waals surface area (Å²) in [5, 5.41) is 7.16. The van der Waals surface area contributed by atoms with Gasteiger partial charge in [0.1, 0.15) is 18.7 Å². The van der Waals surface area contributed by atoms with Crippen molar-refractivity contribution in [1.82, 2.24) is 24.6 Å². The molecule has 7 nitrogen and oxygen atoms in total. The molecule has 1 saturated heterocycles. The van der Waals surface area contributed by atoms with Gasteiger partial charge in [0.25, 0.3) is 0 Å². The van der Waals surface area contributed by atoms with Crippen molar-refractivity contribution in [3.63, 3.8) is 0 Å². The van der Waals surface area contributed by atoms with E-state index in [0.717, 1.165) is 31.3 Å². The van der Waals surface area contributed by atoms with E-state index in [9.17, 15) is 4.79 Å². The second-order valence-electron chi connectivity index (χ2n) is 5.69. The van der Waals surface area contributed by atoms with Gasteiger partial charge in [-0.1, -0.05) is 13.8 Å². The van der Waals surface area contributed by atoms with Gasteiger partial charge in [-0.3, -0.25) is 4.79 Å². The zero-order valence-corrected chi connectivity index (χ0v) is 13.6. The normalized spacial score (nSPS) is 17.0. The van der Waals surface area contributed by atoms with E-state index >= 15 is 0 Å². The summed E-state index contributed by atoms with van der Waals surface area (Å²) in [4.78, 5) is 25.3. The van der Waals surface area contributed by atoms with Crippen LogP contribution in [0.15, 0.2) is 24.2 Å². The molecule has 22 heavy (non-hydrogen) atoms. The minimum absolute atomic E-state index is 0.124. The Hall–Kier alpha value is -1.96. The van der Waals surface area contributed by atoms with Crippen LogP contribution in [0.5, 0.6) is 0 Å². The monoisotopic (exact) mass is 320 g/mol. The van der Waals surface area contributed by atoms with Gasteiger partial charge >= 0.3 is 0 Å². The van der Waals surface area contributed by atoms with Gasteiger partial charge in [-0.05, 0) is 5.92 Å². The van der Waals surface area contributed by atoms with Gasteiger partial charge in [0, 0.05) is 37.8 Å². The average molecular weight is 320 g/mol. The molecule has 0 aliphatic carbocycles. The number of aromatic nitrogens is 4. The predicted molar refractivity (Wildman–Crippen MR) is 84.8 cm³/mol. The molecule has 0 N–H and O–H groups in total. The Bertz CT molecular complexity index is 589. The summed E-state index contributed by atoms with van der Waals surface area (Å²) in [6.07, 6.45) is 4.91. The molecular weight excluding hydrogens is 300 g/mol. The number of hydrogen-bond acceptors (Lipinski definition) is 6. The van der Waals surface area contributed by atoms with Gasteiger partial charge in [0.15, 0.2) is 5.13 Å². The van der Waals surface area contributed by atoms with Crippen LogP contribution in [-0.2, 0) is 4.79 Å². The Kier molecular flexibility index (Phi) is 4.37. The Morgan fingerprint density at radius 3 is 2.59 bits per heavy atom. The van der Waals surface area contributed by atoms with Crippen molar-refractivity contribution in [2.45, 2.75) is 19.9 Å². The molecule has 0 aromatic carbocycles. The number of piperazine rings is 1. The topological polar surface area (TPSA) is 67.2 Å². The quantitative estimate of drug-likeness (QED) is 0.849. The van der Waals surface area contributed by atoms with Crippen LogP contribution in [0.3, 0.4) is 0 Å². The molecule has 0 unspecified atom stereocenters. The zero-order valence-electron chi connectivity index (χ0n) is 12.8. The van der Waals surface area contributed by atoms with E-state index in [0.29, 0.717) is 0 Å². The lowest BCUT2D eigenvalue weighted by atomic mass is 10.0. The summed E-state index contributed by atoms with van der Waals surface area (Å²) in [5.41, 5.74) is 0. The highest BCUT2D eigenvalue weighted by atomic mass is 32.1. The van der Waals surface area contributed by atoms with E-state index < -0.39 is 0 Å². The molecular formula is C14H20N6OS. The highest BCUT2D eigenvalue weighted by molar-refractivity contribution is 7.13. The van der Waals surface area contributed by atoms with Gasteiger partial charge in [-0.25, -0.2) is 14.6 Å². The van der Waals surface area contributed by atoms with Crippen molar-refractivity contribution >= 4 is 22.4 Å². The van der Waals surface area contributed by atoms with Gasteiger partial charge < -0.3 is 9.80 Å². The lowest BCUT2D eigenvalue weighted by Gasteiger charge is -2.36. The van der Waals surface area contributed by atoms with Gasteiger partial charge in [0.05, 0.1) is 0 Å². The molecule has 3 rings (SSSR count). The third-order valence-electron chi connectivity index (χ3n) is 3.89. The molecule has 1 amide bonds. The van der Waals surface area contributed by atoms with E-state index in [1.54, 1.807) is 22.3 Å². The molecule has 1 aliphatic rings. The van der Waals surface area contributed by atoms with Crippen LogP contribution < -0.4 is 4.90 Å². The van der Waals surface area contributed by atoms with Crippen molar-refractivity contribution in [3.05, 3.63) is 24.2 Å². The zero-order chi connectivity index (χ0) is 15.5. The van der Waals surface area contributed by atoms with Gasteiger partial charge in [-0.15, -0.1) is 11.3 Å². The summed E-state index contributed by atoms with van der Waals surface area (Å²) < 4.78 is 1.67. The maximum absolute atomic E-state index is 12.8. The van der Waals surface area contributed by atoms with Crippen LogP contribution in [0.4, 0.5) is 5.13 Å². The standard InChI is InChI=1S/C14H20N6OS/c1-11(2)12(20-10-15-9-17-20)13(21)18-4-6-19(7-5-18)14-16-3-8-22-14/h3,8-12H,4-7H2,1-2H3/t12-/m0/s1. The van der Waals surface area contributed by atoms with Crippen LogP contribution in [0.25, 0.3) is 0 Å². The minimum Gasteiger partial charge on any atom is -0.345 e. The lowest BCUT2D eigenvalue weighted by Crippen LogP contribution is -2.51. The molecule has 1 atom stereocenters. The van der Waals surface area contributed by atoms with Gasteiger partial charge in [-0.2, -0.15) is 5.10 Å². The lowest BCUT2D eigenvalue weighted by molar-refractivity contribution is -0.136. The fourth-order valence-electron chi connectivity index (χ4n) is 2.74. The fraction of sp³-hybridized carbons (Fsp3) is 0.571. The van der Waals surface area contributed by atoms with Crippen molar-refractivity contribution < 1.29 is 4.79 Å². The summed E-state index contributed by atoms with van der Waals surface area (Å²) in [6.45, 7) is 7.15. The molecule has 0 bridgehead atoms. The number of nitrogens with zero attached hydrogens (tertiary/aromatic N) is 6. The fourth-order valence-corrected chi connectivity index (χ4v) is 3.44. The Balaban J connectivity index is 1.66. The molecule has 1 fully saturated rings. The summed E-state index contributed by atoms with van der Waals surface area (Å²) >= 11 is 1.64. The number of rotatable bonds is 4. The molecule has 118 valence electrons. The van der Waals surface area contributed by atoms with Crippen LogP contribution >= 0.6 is 11.3 Å². The second-order valence-corrected chi connectivity index (χ2v) is 6.56. The van der Waals surface area contributed by atoms with E-state index in [-0.39, 0.29) is 17.9 Å². The molecule has 0 radical (unpaired) electrons. The van der Waals surface area contributed by atoms with E-state index in [4.69, 9.17) is 0 Å². The number of thiazole rings is 1. The van der Waals surface area contributed by atoms with E-state index in [1.165, 1.54) is 6.33 Å². The predicted octanol–water partition coefficient (Wildman–Crippen LogP) is 1.28. The average Bonchev–Trinajstić information content (AvgIpc) is 3.21. The summed E-state index contributed by atoms with van der Waals surface area (Å²) in [6, 6.07) is -0.283. The van der Waals surface area contributed by atoms with Crippen LogP contribution in [-0.4, -0.2) is 56.7 Å². The van der Waals surface area contributed by atoms with E-state index in [1.807, 2.05) is 30.3 Å². The van der Waals surface area contributed by atoms with Crippen LogP contribution in [0.1, 0.15) is 19.9 Å².